The number of aryl methyl sites for hydroxylation is 2. The van der Waals surface area contributed by atoms with Gasteiger partial charge in [-0.1, -0.05) is 29.8 Å². The molecule has 0 radical (unpaired) electrons. The molecular formula is C20H23NO5. The molecule has 1 unspecified atom stereocenters. The average molecular weight is 357 g/mol. The van der Waals surface area contributed by atoms with Gasteiger partial charge < -0.3 is 19.9 Å². The number of hydrogen-bond donors (Lipinski definition) is 2. The molecule has 0 fully saturated rings. The van der Waals surface area contributed by atoms with Gasteiger partial charge in [-0.3, -0.25) is 4.79 Å². The van der Waals surface area contributed by atoms with Gasteiger partial charge >= 0.3 is 5.97 Å². The van der Waals surface area contributed by atoms with Crippen molar-refractivity contribution in [1.82, 2.24) is 5.32 Å². The number of carboxylic acid groups (broad SMARTS) is 1. The van der Waals surface area contributed by atoms with Crippen LogP contribution in [0.3, 0.4) is 0 Å². The monoisotopic (exact) mass is 357 g/mol. The summed E-state index contributed by atoms with van der Waals surface area (Å²) in [4.78, 5) is 22.6. The standard InChI is InChI=1S/C20H23NO5/c1-13-4-9-18(14(2)10-13)26-11-19(22)21-15(3)16-5-7-17(8-6-16)25-12-20(23)24/h4-10,15H,11-12H2,1-3H3,(H,21,22)(H,23,24). The van der Waals surface area contributed by atoms with Gasteiger partial charge in [0, 0.05) is 0 Å². The summed E-state index contributed by atoms with van der Waals surface area (Å²) in [5, 5.41) is 11.5. The van der Waals surface area contributed by atoms with Crippen molar-refractivity contribution in [2.75, 3.05) is 13.2 Å². The Morgan fingerprint density at radius 2 is 1.73 bits per heavy atom. The van der Waals surface area contributed by atoms with Gasteiger partial charge in [-0.15, -0.1) is 0 Å². The minimum absolute atomic E-state index is 0.0615. The highest BCUT2D eigenvalue weighted by molar-refractivity contribution is 5.78. The summed E-state index contributed by atoms with van der Waals surface area (Å²) in [5.41, 5.74) is 3.01. The van der Waals surface area contributed by atoms with Crippen LogP contribution in [0.25, 0.3) is 0 Å². The zero-order chi connectivity index (χ0) is 19.1. The summed E-state index contributed by atoms with van der Waals surface area (Å²) in [6.07, 6.45) is 0. The van der Waals surface area contributed by atoms with Crippen molar-refractivity contribution >= 4 is 11.9 Å². The topological polar surface area (TPSA) is 84.9 Å². The van der Waals surface area contributed by atoms with Gasteiger partial charge in [0.25, 0.3) is 5.91 Å². The van der Waals surface area contributed by atoms with Crippen LogP contribution >= 0.6 is 0 Å². The van der Waals surface area contributed by atoms with Crippen molar-refractivity contribution in [3.8, 4) is 11.5 Å². The van der Waals surface area contributed by atoms with Crippen molar-refractivity contribution in [2.24, 2.45) is 0 Å². The molecule has 2 N–H and O–H groups in total. The molecule has 0 aliphatic heterocycles. The molecule has 0 aromatic heterocycles. The molecule has 26 heavy (non-hydrogen) atoms. The van der Waals surface area contributed by atoms with Crippen molar-refractivity contribution in [3.63, 3.8) is 0 Å². The first-order valence-corrected chi connectivity index (χ1v) is 8.29. The van der Waals surface area contributed by atoms with E-state index in [0.29, 0.717) is 11.5 Å². The number of carbonyl (C=O) groups is 2. The second-order valence-corrected chi connectivity index (χ2v) is 6.10. The van der Waals surface area contributed by atoms with Gasteiger partial charge in [-0.05, 0) is 50.1 Å². The van der Waals surface area contributed by atoms with Gasteiger partial charge in [0.1, 0.15) is 11.5 Å². The third-order valence-corrected chi connectivity index (χ3v) is 3.81. The highest BCUT2D eigenvalue weighted by Crippen LogP contribution is 2.19. The molecule has 2 aromatic rings. The van der Waals surface area contributed by atoms with Crippen molar-refractivity contribution in [1.29, 1.82) is 0 Å². The number of aliphatic carboxylic acids is 1. The number of hydrogen-bond acceptors (Lipinski definition) is 4. The molecule has 0 spiro atoms. The Hall–Kier alpha value is -3.02. The van der Waals surface area contributed by atoms with Crippen LogP contribution in [0.15, 0.2) is 42.5 Å². The number of carboxylic acids is 1. The molecule has 0 aliphatic carbocycles. The van der Waals surface area contributed by atoms with E-state index in [1.807, 2.05) is 39.0 Å². The lowest BCUT2D eigenvalue weighted by molar-refractivity contribution is -0.139. The Morgan fingerprint density at radius 3 is 2.35 bits per heavy atom. The van der Waals surface area contributed by atoms with E-state index in [0.717, 1.165) is 16.7 Å². The number of nitrogens with one attached hydrogen (secondary N) is 1. The van der Waals surface area contributed by atoms with Crippen LogP contribution in [0.1, 0.15) is 29.7 Å². The maximum atomic E-state index is 12.1. The molecule has 2 rings (SSSR count). The molecule has 0 saturated carbocycles. The second kappa shape index (κ2) is 8.89. The fourth-order valence-electron chi connectivity index (χ4n) is 2.47. The van der Waals surface area contributed by atoms with Crippen molar-refractivity contribution in [2.45, 2.75) is 26.8 Å². The fraction of sp³-hybridized carbons (Fsp3) is 0.300. The minimum Gasteiger partial charge on any atom is -0.484 e. The molecule has 138 valence electrons. The summed E-state index contributed by atoms with van der Waals surface area (Å²) < 4.78 is 10.7. The number of benzene rings is 2. The molecule has 1 atom stereocenters. The summed E-state index contributed by atoms with van der Waals surface area (Å²) in [6.45, 7) is 5.36. The smallest absolute Gasteiger partial charge is 0.341 e. The van der Waals surface area contributed by atoms with Crippen LogP contribution in [-0.4, -0.2) is 30.2 Å². The number of ether oxygens (including phenoxy) is 2. The third-order valence-electron chi connectivity index (χ3n) is 3.81. The van der Waals surface area contributed by atoms with E-state index in [1.165, 1.54) is 0 Å². The van der Waals surface area contributed by atoms with Gasteiger partial charge in [0.15, 0.2) is 13.2 Å². The van der Waals surface area contributed by atoms with Crippen LogP contribution in [0.2, 0.25) is 0 Å². The molecule has 6 heteroatoms. The zero-order valence-corrected chi connectivity index (χ0v) is 15.1. The third kappa shape index (κ3) is 5.81. The molecule has 0 aliphatic rings. The molecule has 0 bridgehead atoms. The van der Waals surface area contributed by atoms with E-state index in [2.05, 4.69) is 5.32 Å². The summed E-state index contributed by atoms with van der Waals surface area (Å²) in [5.74, 6) is -0.0895. The minimum atomic E-state index is -1.03. The lowest BCUT2D eigenvalue weighted by Crippen LogP contribution is -2.31. The Bertz CT molecular complexity index is 770. The van der Waals surface area contributed by atoms with Gasteiger partial charge in [0.2, 0.25) is 0 Å². The fourth-order valence-corrected chi connectivity index (χ4v) is 2.47. The predicted octanol–water partition coefficient (Wildman–Crippen LogP) is 3.02. The highest BCUT2D eigenvalue weighted by Gasteiger charge is 2.11. The molecule has 2 aromatic carbocycles. The SMILES string of the molecule is Cc1ccc(OCC(=O)NC(C)c2ccc(OCC(=O)O)cc2)c(C)c1. The van der Waals surface area contributed by atoms with Gasteiger partial charge in [-0.2, -0.15) is 0 Å². The van der Waals surface area contributed by atoms with E-state index in [-0.39, 0.29) is 25.2 Å². The Balaban J connectivity index is 1.85. The molecule has 6 nitrogen and oxygen atoms in total. The largest absolute Gasteiger partial charge is 0.484 e. The van der Waals surface area contributed by atoms with Gasteiger partial charge in [0.05, 0.1) is 6.04 Å². The van der Waals surface area contributed by atoms with Crippen LogP contribution in [0, 0.1) is 13.8 Å². The summed E-state index contributed by atoms with van der Waals surface area (Å²) in [7, 11) is 0. The van der Waals surface area contributed by atoms with E-state index in [9.17, 15) is 9.59 Å². The lowest BCUT2D eigenvalue weighted by Gasteiger charge is -2.16. The van der Waals surface area contributed by atoms with Crippen LogP contribution < -0.4 is 14.8 Å². The van der Waals surface area contributed by atoms with Crippen molar-refractivity contribution < 1.29 is 24.2 Å². The maximum absolute atomic E-state index is 12.1. The summed E-state index contributed by atoms with van der Waals surface area (Å²) in [6, 6.07) is 12.5. The molecular weight excluding hydrogens is 334 g/mol. The van der Waals surface area contributed by atoms with Crippen LogP contribution in [0.4, 0.5) is 0 Å². The maximum Gasteiger partial charge on any atom is 0.341 e. The molecule has 1 amide bonds. The second-order valence-electron chi connectivity index (χ2n) is 6.10. The Labute approximate surface area is 152 Å². The first-order valence-electron chi connectivity index (χ1n) is 8.29. The van der Waals surface area contributed by atoms with Gasteiger partial charge in [-0.25, -0.2) is 4.79 Å². The van der Waals surface area contributed by atoms with Crippen molar-refractivity contribution in [3.05, 3.63) is 59.2 Å². The van der Waals surface area contributed by atoms with Crippen LogP contribution in [-0.2, 0) is 9.59 Å². The number of carbonyl (C=O) groups excluding carboxylic acids is 1. The predicted molar refractivity (Wildman–Crippen MR) is 97.5 cm³/mol. The lowest BCUT2D eigenvalue weighted by atomic mass is 10.1. The summed E-state index contributed by atoms with van der Waals surface area (Å²) >= 11 is 0. The number of rotatable bonds is 8. The molecule has 0 heterocycles. The average Bonchev–Trinajstić information content (AvgIpc) is 2.59. The Morgan fingerprint density at radius 1 is 1.04 bits per heavy atom. The normalized spacial score (nSPS) is 11.5. The quantitative estimate of drug-likeness (QED) is 0.759. The van der Waals surface area contributed by atoms with E-state index >= 15 is 0 Å². The first-order chi connectivity index (χ1) is 12.3. The first kappa shape index (κ1) is 19.3. The van der Waals surface area contributed by atoms with E-state index in [4.69, 9.17) is 14.6 Å². The van der Waals surface area contributed by atoms with E-state index < -0.39 is 5.97 Å². The van der Waals surface area contributed by atoms with Crippen LogP contribution in [0.5, 0.6) is 11.5 Å². The zero-order valence-electron chi connectivity index (χ0n) is 15.1. The Kier molecular flexibility index (Phi) is 6.60. The van der Waals surface area contributed by atoms with E-state index in [1.54, 1.807) is 24.3 Å². The molecule has 0 saturated heterocycles. The number of amides is 1. The highest BCUT2D eigenvalue weighted by atomic mass is 16.5.